The van der Waals surface area contributed by atoms with Crippen LogP contribution in [-0.4, -0.2) is 16.9 Å². The monoisotopic (exact) mass is 262 g/mol. The Bertz CT molecular complexity index is 449. The number of anilines is 1. The molecule has 0 spiro atoms. The van der Waals surface area contributed by atoms with Gasteiger partial charge >= 0.3 is 0 Å². The Labute approximate surface area is 114 Å². The van der Waals surface area contributed by atoms with Crippen LogP contribution in [-0.2, 0) is 0 Å². The summed E-state index contributed by atoms with van der Waals surface area (Å²) in [6.45, 7) is 4.53. The number of nitrogens with two attached hydrogens (primary N) is 1. The Morgan fingerprint density at radius 2 is 2.16 bits per heavy atom. The summed E-state index contributed by atoms with van der Waals surface area (Å²) >= 11 is 0. The molecule has 4 N–H and O–H groups in total. The number of carbonyl (C=O) groups is 1. The first kappa shape index (κ1) is 13.8. The van der Waals surface area contributed by atoms with Crippen LogP contribution in [0.5, 0.6) is 0 Å². The number of nitrogen functional groups attached to an aromatic ring is 1. The predicted octanol–water partition coefficient (Wildman–Crippen LogP) is 1.92. The van der Waals surface area contributed by atoms with Crippen molar-refractivity contribution in [1.82, 2.24) is 10.3 Å². The van der Waals surface area contributed by atoms with Gasteiger partial charge in [-0.25, -0.2) is 10.8 Å². The smallest absolute Gasteiger partial charge is 0.255 e. The van der Waals surface area contributed by atoms with E-state index in [0.29, 0.717) is 17.3 Å². The van der Waals surface area contributed by atoms with E-state index in [2.05, 4.69) is 29.6 Å². The first-order chi connectivity index (χ1) is 9.11. The highest BCUT2D eigenvalue weighted by Crippen LogP contribution is 2.29. The zero-order chi connectivity index (χ0) is 13.8. The molecule has 5 nitrogen and oxygen atoms in total. The van der Waals surface area contributed by atoms with Gasteiger partial charge in [0.1, 0.15) is 0 Å². The molecule has 0 radical (unpaired) electrons. The molecule has 1 fully saturated rings. The van der Waals surface area contributed by atoms with E-state index < -0.39 is 0 Å². The highest BCUT2D eigenvalue weighted by molar-refractivity contribution is 5.98. The van der Waals surface area contributed by atoms with E-state index in [-0.39, 0.29) is 11.9 Å². The molecule has 19 heavy (non-hydrogen) atoms. The predicted molar refractivity (Wildman–Crippen MR) is 75.5 cm³/mol. The van der Waals surface area contributed by atoms with E-state index in [0.717, 1.165) is 18.8 Å². The number of nitrogens with one attached hydrogen (secondary N) is 2. The summed E-state index contributed by atoms with van der Waals surface area (Å²) < 4.78 is 0. The van der Waals surface area contributed by atoms with Gasteiger partial charge < -0.3 is 10.7 Å². The van der Waals surface area contributed by atoms with Crippen LogP contribution in [0.2, 0.25) is 0 Å². The van der Waals surface area contributed by atoms with Crippen molar-refractivity contribution >= 4 is 11.7 Å². The van der Waals surface area contributed by atoms with Gasteiger partial charge in [0.15, 0.2) is 5.82 Å². The summed E-state index contributed by atoms with van der Waals surface area (Å²) in [5.74, 6) is 7.08. The minimum absolute atomic E-state index is 0.104. The third kappa shape index (κ3) is 3.23. The molecule has 1 aromatic rings. The number of hydrogen-bond donors (Lipinski definition) is 3. The summed E-state index contributed by atoms with van der Waals surface area (Å²) in [6.07, 6.45) is 4.86. The number of amides is 1. The maximum absolute atomic E-state index is 12.2. The summed E-state index contributed by atoms with van der Waals surface area (Å²) in [4.78, 5) is 16.3. The van der Waals surface area contributed by atoms with Gasteiger partial charge in [-0.05, 0) is 43.2 Å². The Balaban J connectivity index is 2.01. The normalized spacial score (nSPS) is 26.8. The number of hydrazine groups is 1. The number of aromatic nitrogens is 1. The van der Waals surface area contributed by atoms with Crippen molar-refractivity contribution in [3.8, 4) is 0 Å². The van der Waals surface area contributed by atoms with Gasteiger partial charge in [0.05, 0.1) is 5.56 Å². The molecule has 1 aromatic heterocycles. The number of rotatable bonds is 3. The zero-order valence-electron chi connectivity index (χ0n) is 11.5. The zero-order valence-corrected chi connectivity index (χ0v) is 11.5. The first-order valence-corrected chi connectivity index (χ1v) is 6.84. The average Bonchev–Trinajstić information content (AvgIpc) is 2.43. The van der Waals surface area contributed by atoms with Gasteiger partial charge in [-0.3, -0.25) is 4.79 Å². The van der Waals surface area contributed by atoms with Crippen LogP contribution in [0.15, 0.2) is 18.3 Å². The first-order valence-electron chi connectivity index (χ1n) is 6.84. The van der Waals surface area contributed by atoms with E-state index in [1.54, 1.807) is 18.3 Å². The second kappa shape index (κ2) is 6.02. The lowest BCUT2D eigenvalue weighted by atomic mass is 9.79. The molecule has 0 saturated heterocycles. The lowest BCUT2D eigenvalue weighted by Crippen LogP contribution is -2.40. The molecule has 0 aliphatic heterocycles. The fraction of sp³-hybridized carbons (Fsp3) is 0.571. The largest absolute Gasteiger partial charge is 0.349 e. The van der Waals surface area contributed by atoms with Crippen molar-refractivity contribution in [1.29, 1.82) is 0 Å². The molecule has 1 heterocycles. The Kier molecular flexibility index (Phi) is 4.37. The van der Waals surface area contributed by atoms with Gasteiger partial charge in [0.25, 0.3) is 5.91 Å². The standard InChI is InChI=1S/C14H22N4O/c1-9-5-6-11(8-10(9)2)17-14(19)12-4-3-7-16-13(12)18-15/h3-4,7,9-11H,5-6,8,15H2,1-2H3,(H,16,18)(H,17,19). The summed E-state index contributed by atoms with van der Waals surface area (Å²) in [7, 11) is 0. The Hall–Kier alpha value is -1.62. The van der Waals surface area contributed by atoms with Crippen LogP contribution in [0.1, 0.15) is 43.5 Å². The maximum atomic E-state index is 12.2. The number of nitrogens with zero attached hydrogens (tertiary/aromatic N) is 1. The van der Waals surface area contributed by atoms with Crippen molar-refractivity contribution in [2.75, 3.05) is 5.43 Å². The fourth-order valence-corrected chi connectivity index (χ4v) is 2.65. The van der Waals surface area contributed by atoms with Crippen molar-refractivity contribution in [2.45, 2.75) is 39.2 Å². The molecule has 3 atom stereocenters. The van der Waals surface area contributed by atoms with E-state index in [1.165, 1.54) is 6.42 Å². The third-order valence-corrected chi connectivity index (χ3v) is 4.12. The van der Waals surface area contributed by atoms with Crippen LogP contribution < -0.4 is 16.6 Å². The molecule has 104 valence electrons. The summed E-state index contributed by atoms with van der Waals surface area (Å²) in [6, 6.07) is 3.72. The second-order valence-corrected chi connectivity index (χ2v) is 5.48. The van der Waals surface area contributed by atoms with Crippen LogP contribution in [0.3, 0.4) is 0 Å². The molecule has 1 aliphatic carbocycles. The molecule has 0 bridgehead atoms. The highest BCUT2D eigenvalue weighted by Gasteiger charge is 2.26. The Morgan fingerprint density at radius 1 is 1.37 bits per heavy atom. The molecule has 2 rings (SSSR count). The second-order valence-electron chi connectivity index (χ2n) is 5.48. The lowest BCUT2D eigenvalue weighted by molar-refractivity contribution is 0.0911. The summed E-state index contributed by atoms with van der Waals surface area (Å²) in [5, 5.41) is 3.09. The third-order valence-electron chi connectivity index (χ3n) is 4.12. The van der Waals surface area contributed by atoms with Crippen LogP contribution in [0.4, 0.5) is 5.82 Å². The molecule has 0 aromatic carbocycles. The van der Waals surface area contributed by atoms with Gasteiger partial charge in [0.2, 0.25) is 0 Å². The summed E-state index contributed by atoms with van der Waals surface area (Å²) in [5.41, 5.74) is 2.95. The molecular weight excluding hydrogens is 240 g/mol. The van der Waals surface area contributed by atoms with Gasteiger partial charge in [-0.2, -0.15) is 0 Å². The lowest BCUT2D eigenvalue weighted by Gasteiger charge is -2.32. The van der Waals surface area contributed by atoms with E-state index in [1.807, 2.05) is 0 Å². The maximum Gasteiger partial charge on any atom is 0.255 e. The fourth-order valence-electron chi connectivity index (χ4n) is 2.65. The van der Waals surface area contributed by atoms with Gasteiger partial charge in [0, 0.05) is 12.2 Å². The van der Waals surface area contributed by atoms with Crippen LogP contribution >= 0.6 is 0 Å². The van der Waals surface area contributed by atoms with E-state index >= 15 is 0 Å². The number of carbonyl (C=O) groups excluding carboxylic acids is 1. The molecule has 1 aliphatic rings. The minimum Gasteiger partial charge on any atom is -0.349 e. The number of hydrogen-bond acceptors (Lipinski definition) is 4. The highest BCUT2D eigenvalue weighted by atomic mass is 16.1. The van der Waals surface area contributed by atoms with Crippen LogP contribution in [0, 0.1) is 11.8 Å². The SMILES string of the molecule is CC1CCC(NC(=O)c2cccnc2NN)CC1C. The quantitative estimate of drug-likeness (QED) is 0.574. The van der Waals surface area contributed by atoms with Gasteiger partial charge in [-0.15, -0.1) is 0 Å². The molecule has 1 amide bonds. The van der Waals surface area contributed by atoms with Crippen LogP contribution in [0.25, 0.3) is 0 Å². The Morgan fingerprint density at radius 3 is 2.84 bits per heavy atom. The van der Waals surface area contributed by atoms with Crippen molar-refractivity contribution in [3.63, 3.8) is 0 Å². The average molecular weight is 262 g/mol. The van der Waals surface area contributed by atoms with Crippen molar-refractivity contribution in [3.05, 3.63) is 23.9 Å². The van der Waals surface area contributed by atoms with Crippen molar-refractivity contribution in [2.24, 2.45) is 17.7 Å². The topological polar surface area (TPSA) is 80.0 Å². The minimum atomic E-state index is -0.104. The van der Waals surface area contributed by atoms with E-state index in [9.17, 15) is 4.79 Å². The van der Waals surface area contributed by atoms with E-state index in [4.69, 9.17) is 5.84 Å². The van der Waals surface area contributed by atoms with Crippen molar-refractivity contribution < 1.29 is 4.79 Å². The molecule has 1 saturated carbocycles. The number of pyridine rings is 1. The molecular formula is C14H22N4O. The molecule has 3 unspecified atom stereocenters. The van der Waals surface area contributed by atoms with Gasteiger partial charge in [-0.1, -0.05) is 13.8 Å². The molecule has 5 heteroatoms.